The number of hydrogen-bond acceptors (Lipinski definition) is 2. The molecule has 0 atom stereocenters. The predicted molar refractivity (Wildman–Crippen MR) is 64.9 cm³/mol. The third-order valence-corrected chi connectivity index (χ3v) is 3.87. The molecule has 0 aromatic heterocycles. The molecule has 0 bridgehead atoms. The Morgan fingerprint density at radius 2 is 1.67 bits per heavy atom. The van der Waals surface area contributed by atoms with Gasteiger partial charge in [0.2, 0.25) is 0 Å². The summed E-state index contributed by atoms with van der Waals surface area (Å²) in [6.45, 7) is 5.59. The van der Waals surface area contributed by atoms with Gasteiger partial charge in [-0.15, -0.1) is 0 Å². The molecule has 0 heterocycles. The second-order valence-corrected chi connectivity index (χ2v) is 5.98. The molecule has 0 unspecified atom stereocenters. The van der Waals surface area contributed by atoms with Crippen LogP contribution >= 0.6 is 0 Å². The van der Waals surface area contributed by atoms with Gasteiger partial charge in [-0.25, -0.2) is 0 Å². The Kier molecular flexibility index (Phi) is 4.60. The SMILES string of the molecule is COCCCCC1(N)CCC(C)(C)CC1. The molecule has 2 N–H and O–H groups in total. The highest BCUT2D eigenvalue weighted by Gasteiger charge is 2.34. The third-order valence-electron chi connectivity index (χ3n) is 3.87. The van der Waals surface area contributed by atoms with Crippen molar-refractivity contribution in [2.45, 2.75) is 64.3 Å². The fourth-order valence-electron chi connectivity index (χ4n) is 2.40. The Hall–Kier alpha value is -0.0800. The van der Waals surface area contributed by atoms with Crippen molar-refractivity contribution in [1.29, 1.82) is 0 Å². The van der Waals surface area contributed by atoms with Crippen LogP contribution in [0.5, 0.6) is 0 Å². The fourth-order valence-corrected chi connectivity index (χ4v) is 2.40. The molecule has 0 amide bonds. The van der Waals surface area contributed by atoms with E-state index in [0.717, 1.165) is 13.0 Å². The predicted octanol–water partition coefficient (Wildman–Crippen LogP) is 3.10. The van der Waals surface area contributed by atoms with Crippen molar-refractivity contribution in [3.05, 3.63) is 0 Å². The molecule has 1 rings (SSSR count). The minimum atomic E-state index is 0.128. The van der Waals surface area contributed by atoms with Crippen LogP contribution in [0.2, 0.25) is 0 Å². The Morgan fingerprint density at radius 1 is 1.07 bits per heavy atom. The summed E-state index contributed by atoms with van der Waals surface area (Å²) < 4.78 is 5.06. The van der Waals surface area contributed by atoms with Crippen LogP contribution in [0.15, 0.2) is 0 Å². The molecule has 0 saturated heterocycles. The van der Waals surface area contributed by atoms with Crippen molar-refractivity contribution in [2.75, 3.05) is 13.7 Å². The van der Waals surface area contributed by atoms with Crippen molar-refractivity contribution in [3.63, 3.8) is 0 Å². The van der Waals surface area contributed by atoms with Gasteiger partial charge in [0.05, 0.1) is 0 Å². The largest absolute Gasteiger partial charge is 0.385 e. The minimum Gasteiger partial charge on any atom is -0.385 e. The maximum Gasteiger partial charge on any atom is 0.0462 e. The fraction of sp³-hybridized carbons (Fsp3) is 1.00. The number of rotatable bonds is 5. The highest BCUT2D eigenvalue weighted by Crippen LogP contribution is 2.40. The van der Waals surface area contributed by atoms with Crippen LogP contribution in [0.3, 0.4) is 0 Å². The minimum absolute atomic E-state index is 0.128. The molecule has 0 aromatic rings. The maximum atomic E-state index is 6.42. The van der Waals surface area contributed by atoms with Crippen LogP contribution < -0.4 is 5.73 Å². The monoisotopic (exact) mass is 213 g/mol. The Balaban J connectivity index is 2.23. The Labute approximate surface area is 94.6 Å². The topological polar surface area (TPSA) is 35.2 Å². The molecule has 0 spiro atoms. The summed E-state index contributed by atoms with van der Waals surface area (Å²) in [5, 5.41) is 0. The van der Waals surface area contributed by atoms with Crippen molar-refractivity contribution in [3.8, 4) is 0 Å². The van der Waals surface area contributed by atoms with E-state index in [1.165, 1.54) is 38.5 Å². The summed E-state index contributed by atoms with van der Waals surface area (Å²) in [6.07, 6.45) is 8.51. The van der Waals surface area contributed by atoms with E-state index in [1.54, 1.807) is 7.11 Å². The van der Waals surface area contributed by atoms with Gasteiger partial charge in [-0.3, -0.25) is 0 Å². The molecule has 1 saturated carbocycles. The first kappa shape index (κ1) is 13.0. The summed E-state index contributed by atoms with van der Waals surface area (Å²) in [4.78, 5) is 0. The summed E-state index contributed by atoms with van der Waals surface area (Å²) in [5.74, 6) is 0. The molecule has 0 aliphatic heterocycles. The molecule has 15 heavy (non-hydrogen) atoms. The molecule has 0 radical (unpaired) electrons. The van der Waals surface area contributed by atoms with Gasteiger partial charge in [0.25, 0.3) is 0 Å². The molecule has 90 valence electrons. The van der Waals surface area contributed by atoms with E-state index >= 15 is 0 Å². The van der Waals surface area contributed by atoms with Gasteiger partial charge in [0.1, 0.15) is 0 Å². The maximum absolute atomic E-state index is 6.42. The first-order valence-corrected chi connectivity index (χ1v) is 6.25. The molecule has 1 aliphatic rings. The molecule has 1 fully saturated rings. The van der Waals surface area contributed by atoms with Gasteiger partial charge < -0.3 is 10.5 Å². The average Bonchev–Trinajstić information content (AvgIpc) is 2.19. The van der Waals surface area contributed by atoms with E-state index in [9.17, 15) is 0 Å². The summed E-state index contributed by atoms with van der Waals surface area (Å²) in [5.41, 5.74) is 7.07. The van der Waals surface area contributed by atoms with Crippen LogP contribution in [0, 0.1) is 5.41 Å². The second kappa shape index (κ2) is 5.31. The lowest BCUT2D eigenvalue weighted by molar-refractivity contribution is 0.148. The molecule has 1 aliphatic carbocycles. The quantitative estimate of drug-likeness (QED) is 0.712. The number of nitrogens with two attached hydrogens (primary N) is 1. The summed E-state index contributed by atoms with van der Waals surface area (Å²) in [7, 11) is 1.77. The molecule has 2 heteroatoms. The van der Waals surface area contributed by atoms with E-state index in [0.29, 0.717) is 5.41 Å². The van der Waals surface area contributed by atoms with E-state index in [2.05, 4.69) is 13.8 Å². The first-order valence-electron chi connectivity index (χ1n) is 6.25. The molecule has 2 nitrogen and oxygen atoms in total. The van der Waals surface area contributed by atoms with Gasteiger partial charge in [-0.2, -0.15) is 0 Å². The van der Waals surface area contributed by atoms with Gasteiger partial charge in [-0.1, -0.05) is 13.8 Å². The lowest BCUT2D eigenvalue weighted by Gasteiger charge is -2.41. The van der Waals surface area contributed by atoms with Crippen molar-refractivity contribution >= 4 is 0 Å². The zero-order valence-corrected chi connectivity index (χ0v) is 10.6. The third kappa shape index (κ3) is 4.52. The van der Waals surface area contributed by atoms with Gasteiger partial charge >= 0.3 is 0 Å². The highest BCUT2D eigenvalue weighted by molar-refractivity contribution is 4.92. The second-order valence-electron chi connectivity index (χ2n) is 5.98. The lowest BCUT2D eigenvalue weighted by Crippen LogP contribution is -2.44. The van der Waals surface area contributed by atoms with Crippen LogP contribution in [0.4, 0.5) is 0 Å². The normalized spacial score (nSPS) is 24.0. The van der Waals surface area contributed by atoms with Crippen molar-refractivity contribution in [2.24, 2.45) is 11.1 Å². The zero-order chi connectivity index (χ0) is 11.4. The van der Waals surface area contributed by atoms with Gasteiger partial charge in [-0.05, 0) is 50.4 Å². The Morgan fingerprint density at radius 3 is 2.20 bits per heavy atom. The van der Waals surface area contributed by atoms with Crippen molar-refractivity contribution < 1.29 is 4.74 Å². The number of methoxy groups -OCH3 is 1. The number of hydrogen-bond donors (Lipinski definition) is 1. The molecular weight excluding hydrogens is 186 g/mol. The van der Waals surface area contributed by atoms with E-state index in [-0.39, 0.29) is 5.54 Å². The molecule has 0 aromatic carbocycles. The number of ether oxygens (including phenoxy) is 1. The summed E-state index contributed by atoms with van der Waals surface area (Å²) >= 11 is 0. The number of unbranched alkanes of at least 4 members (excludes halogenated alkanes) is 1. The standard InChI is InChI=1S/C13H27NO/c1-12(2)7-9-13(14,10-8-12)6-4-5-11-15-3/h4-11,14H2,1-3H3. The van der Waals surface area contributed by atoms with Crippen LogP contribution in [-0.4, -0.2) is 19.3 Å². The lowest BCUT2D eigenvalue weighted by atomic mass is 9.68. The van der Waals surface area contributed by atoms with E-state index in [1.807, 2.05) is 0 Å². The van der Waals surface area contributed by atoms with Crippen LogP contribution in [0.1, 0.15) is 58.8 Å². The average molecular weight is 213 g/mol. The highest BCUT2D eigenvalue weighted by atomic mass is 16.5. The van der Waals surface area contributed by atoms with E-state index < -0.39 is 0 Å². The Bertz CT molecular complexity index is 179. The van der Waals surface area contributed by atoms with Gasteiger partial charge in [0.15, 0.2) is 0 Å². The van der Waals surface area contributed by atoms with E-state index in [4.69, 9.17) is 10.5 Å². The summed E-state index contributed by atoms with van der Waals surface area (Å²) in [6, 6.07) is 0. The molecular formula is C13H27NO. The van der Waals surface area contributed by atoms with Crippen molar-refractivity contribution in [1.82, 2.24) is 0 Å². The van der Waals surface area contributed by atoms with Crippen LogP contribution in [0.25, 0.3) is 0 Å². The van der Waals surface area contributed by atoms with Gasteiger partial charge in [0, 0.05) is 19.3 Å². The smallest absolute Gasteiger partial charge is 0.0462 e. The first-order chi connectivity index (χ1) is 6.97. The zero-order valence-electron chi connectivity index (χ0n) is 10.6. The van der Waals surface area contributed by atoms with Crippen LogP contribution in [-0.2, 0) is 4.74 Å².